The first-order valence-corrected chi connectivity index (χ1v) is 8.02. The van der Waals surface area contributed by atoms with Crippen molar-refractivity contribution < 1.29 is 4.79 Å². The van der Waals surface area contributed by atoms with Crippen molar-refractivity contribution >= 4 is 22.4 Å². The molecule has 0 saturated carbocycles. The molecule has 2 aromatic rings. The van der Waals surface area contributed by atoms with Crippen molar-refractivity contribution in [3.8, 4) is 29.0 Å². The lowest BCUT2D eigenvalue weighted by Crippen LogP contribution is -2.33. The molecule has 0 aliphatic carbocycles. The second kappa shape index (κ2) is 6.62. The van der Waals surface area contributed by atoms with Crippen molar-refractivity contribution in [1.82, 2.24) is 10.3 Å². The third kappa shape index (κ3) is 3.09. The van der Waals surface area contributed by atoms with Crippen LogP contribution in [0.4, 0.5) is 5.13 Å². The topological polar surface area (TPSA) is 69.0 Å². The zero-order valence-corrected chi connectivity index (χ0v) is 13.1. The Hall–Kier alpha value is -2.67. The first kappa shape index (κ1) is 15.2. The van der Waals surface area contributed by atoms with Gasteiger partial charge < -0.3 is 5.32 Å². The Morgan fingerprint density at radius 1 is 1.52 bits per heavy atom. The minimum Gasteiger partial charge on any atom is -0.316 e. The molecule has 1 aromatic heterocycles. The van der Waals surface area contributed by atoms with Crippen LogP contribution in [0.3, 0.4) is 0 Å². The number of nitrogens with zero attached hydrogens (tertiary/aromatic N) is 3. The highest BCUT2D eigenvalue weighted by atomic mass is 32.1. The lowest BCUT2D eigenvalue weighted by molar-refractivity contribution is -0.121. The number of carbonyl (C=O) groups is 1. The lowest BCUT2D eigenvalue weighted by atomic mass is 10.1. The maximum absolute atomic E-state index is 12.4. The first-order valence-electron chi connectivity index (χ1n) is 7.20. The van der Waals surface area contributed by atoms with Crippen LogP contribution in [0.25, 0.3) is 10.4 Å². The molecule has 23 heavy (non-hydrogen) atoms. The summed E-state index contributed by atoms with van der Waals surface area (Å²) in [7, 11) is 0. The summed E-state index contributed by atoms with van der Waals surface area (Å²) in [6, 6.07) is 7.54. The van der Waals surface area contributed by atoms with Gasteiger partial charge in [0.05, 0.1) is 10.8 Å². The second-order valence-electron chi connectivity index (χ2n) is 5.20. The number of nitrogens with one attached hydrogen (secondary N) is 1. The van der Waals surface area contributed by atoms with Crippen molar-refractivity contribution in [2.75, 3.05) is 18.0 Å². The molecular formula is C17H14N4OS. The van der Waals surface area contributed by atoms with E-state index in [1.807, 2.05) is 30.5 Å². The number of aromatic nitrogens is 1. The fourth-order valence-electron chi connectivity index (χ4n) is 2.50. The molecule has 1 fully saturated rings. The fraction of sp³-hybridized carbons (Fsp3) is 0.235. The van der Waals surface area contributed by atoms with Crippen molar-refractivity contribution in [1.29, 1.82) is 5.26 Å². The number of rotatable bonds is 3. The average molecular weight is 322 g/mol. The van der Waals surface area contributed by atoms with Crippen molar-refractivity contribution in [2.24, 2.45) is 5.92 Å². The third-order valence-electron chi connectivity index (χ3n) is 3.73. The van der Waals surface area contributed by atoms with E-state index in [0.29, 0.717) is 11.7 Å². The molecule has 1 amide bonds. The molecule has 2 heterocycles. The first-order chi connectivity index (χ1) is 11.2. The predicted octanol–water partition coefficient (Wildman–Crippen LogP) is 2.21. The standard InChI is InChI=1S/C17H14N4OS/c1-2-12-4-3-5-13(8-12)15-10-20-17(23-15)21(11-18)16(22)14-6-7-19-9-14/h1,3-5,8,10,14,19H,6-7,9H2/t14-/m0/s1. The van der Waals surface area contributed by atoms with Crippen LogP contribution in [0.2, 0.25) is 0 Å². The molecule has 0 spiro atoms. The normalized spacial score (nSPS) is 16.5. The maximum Gasteiger partial charge on any atom is 0.246 e. The summed E-state index contributed by atoms with van der Waals surface area (Å²) in [5.74, 6) is 2.23. The Labute approximate surface area is 138 Å². The van der Waals surface area contributed by atoms with Gasteiger partial charge in [-0.15, -0.1) is 6.42 Å². The van der Waals surface area contributed by atoms with Gasteiger partial charge in [0.25, 0.3) is 0 Å². The van der Waals surface area contributed by atoms with E-state index in [0.717, 1.165) is 33.9 Å². The Morgan fingerprint density at radius 3 is 3.09 bits per heavy atom. The zero-order valence-electron chi connectivity index (χ0n) is 12.3. The monoisotopic (exact) mass is 322 g/mol. The van der Waals surface area contributed by atoms with E-state index in [-0.39, 0.29) is 11.8 Å². The maximum atomic E-state index is 12.4. The van der Waals surface area contributed by atoms with E-state index >= 15 is 0 Å². The molecule has 114 valence electrons. The Bertz CT molecular complexity index is 808. The number of hydrogen-bond donors (Lipinski definition) is 1. The van der Waals surface area contributed by atoms with Crippen molar-refractivity contribution in [2.45, 2.75) is 6.42 Å². The highest BCUT2D eigenvalue weighted by Gasteiger charge is 2.29. The third-order valence-corrected chi connectivity index (χ3v) is 4.76. The van der Waals surface area contributed by atoms with E-state index in [4.69, 9.17) is 6.42 Å². The van der Waals surface area contributed by atoms with Gasteiger partial charge in [-0.2, -0.15) is 10.2 Å². The van der Waals surface area contributed by atoms with Gasteiger partial charge in [-0.25, -0.2) is 4.98 Å². The van der Waals surface area contributed by atoms with E-state index in [2.05, 4.69) is 16.2 Å². The minimum atomic E-state index is -0.198. The molecule has 0 unspecified atom stereocenters. The summed E-state index contributed by atoms with van der Waals surface area (Å²) in [4.78, 5) is 18.6. The van der Waals surface area contributed by atoms with E-state index in [1.54, 1.807) is 6.20 Å². The number of amides is 1. The van der Waals surface area contributed by atoms with Crippen LogP contribution in [-0.4, -0.2) is 24.0 Å². The van der Waals surface area contributed by atoms with E-state index < -0.39 is 0 Å². The van der Waals surface area contributed by atoms with Gasteiger partial charge in [-0.3, -0.25) is 4.79 Å². The lowest BCUT2D eigenvalue weighted by Gasteiger charge is -2.14. The second-order valence-corrected chi connectivity index (χ2v) is 6.20. The van der Waals surface area contributed by atoms with Gasteiger partial charge in [0.1, 0.15) is 0 Å². The van der Waals surface area contributed by atoms with Gasteiger partial charge in [-0.05, 0) is 30.7 Å². The minimum absolute atomic E-state index is 0.160. The van der Waals surface area contributed by atoms with Crippen molar-refractivity contribution in [3.63, 3.8) is 0 Å². The smallest absolute Gasteiger partial charge is 0.246 e. The number of nitriles is 1. The molecule has 6 heteroatoms. The SMILES string of the molecule is C#Cc1cccc(-c2cnc(N(C#N)C(=O)[C@H]3CCNC3)s2)c1. The number of carbonyl (C=O) groups excluding carboxylic acids is 1. The van der Waals surface area contributed by atoms with Gasteiger partial charge in [0.15, 0.2) is 6.19 Å². The number of benzene rings is 1. The van der Waals surface area contributed by atoms with Gasteiger partial charge in [0.2, 0.25) is 11.0 Å². The fourth-order valence-corrected chi connectivity index (χ4v) is 3.37. The zero-order chi connectivity index (χ0) is 16.2. The van der Waals surface area contributed by atoms with Gasteiger partial charge in [-0.1, -0.05) is 29.4 Å². The average Bonchev–Trinajstić information content (AvgIpc) is 3.27. The summed E-state index contributed by atoms with van der Waals surface area (Å²) in [5, 5.41) is 12.9. The molecule has 0 bridgehead atoms. The van der Waals surface area contributed by atoms with Crippen LogP contribution in [0, 0.1) is 29.7 Å². The molecule has 1 saturated heterocycles. The van der Waals surface area contributed by atoms with Crippen LogP contribution in [0.5, 0.6) is 0 Å². The van der Waals surface area contributed by atoms with Crippen LogP contribution < -0.4 is 10.2 Å². The summed E-state index contributed by atoms with van der Waals surface area (Å²) in [5.41, 5.74) is 1.71. The molecule has 1 atom stereocenters. The molecule has 3 rings (SSSR count). The number of thiazole rings is 1. The highest BCUT2D eigenvalue weighted by molar-refractivity contribution is 7.19. The largest absolute Gasteiger partial charge is 0.316 e. The molecule has 0 radical (unpaired) electrons. The summed E-state index contributed by atoms with van der Waals surface area (Å²) in [6.45, 7) is 1.41. The van der Waals surface area contributed by atoms with Crippen LogP contribution >= 0.6 is 11.3 Å². The predicted molar refractivity (Wildman–Crippen MR) is 89.6 cm³/mol. The van der Waals surface area contributed by atoms with Crippen molar-refractivity contribution in [3.05, 3.63) is 36.0 Å². The van der Waals surface area contributed by atoms with E-state index in [1.165, 1.54) is 11.3 Å². The number of hydrogen-bond acceptors (Lipinski definition) is 5. The quantitative estimate of drug-likeness (QED) is 0.534. The Balaban J connectivity index is 1.86. The van der Waals surface area contributed by atoms with Gasteiger partial charge >= 0.3 is 0 Å². The number of terminal acetylenes is 1. The molecule has 1 N–H and O–H groups in total. The Kier molecular flexibility index (Phi) is 4.38. The van der Waals surface area contributed by atoms with E-state index in [9.17, 15) is 10.1 Å². The van der Waals surface area contributed by atoms with Crippen LogP contribution in [0.15, 0.2) is 30.5 Å². The summed E-state index contributed by atoms with van der Waals surface area (Å²) < 4.78 is 0. The molecule has 1 aromatic carbocycles. The molecular weight excluding hydrogens is 308 g/mol. The Morgan fingerprint density at radius 2 is 2.39 bits per heavy atom. The summed E-state index contributed by atoms with van der Waals surface area (Å²) in [6.07, 6.45) is 9.79. The summed E-state index contributed by atoms with van der Waals surface area (Å²) >= 11 is 1.31. The van der Waals surface area contributed by atoms with Gasteiger partial charge in [0, 0.05) is 18.3 Å². The number of anilines is 1. The molecule has 1 aliphatic rings. The van der Waals surface area contributed by atoms with Crippen LogP contribution in [-0.2, 0) is 4.79 Å². The highest BCUT2D eigenvalue weighted by Crippen LogP contribution is 2.32. The van der Waals surface area contributed by atoms with Crippen LogP contribution in [0.1, 0.15) is 12.0 Å². The molecule has 1 aliphatic heterocycles. The molecule has 5 nitrogen and oxygen atoms in total.